The van der Waals surface area contributed by atoms with Gasteiger partial charge >= 0.3 is 0 Å². The standard InChI is InChI=1S/C15H15ClO2S/c1-2-10-5-8-19-15(10)14(16)11-3-4-12-13(9-11)18-7-6-17-12/h3-5,8-9,14H,2,6-7H2,1H3. The molecule has 1 aromatic heterocycles. The largest absolute Gasteiger partial charge is 0.486 e. The van der Waals surface area contributed by atoms with Crippen LogP contribution in [0.4, 0.5) is 0 Å². The van der Waals surface area contributed by atoms with Crippen LogP contribution in [0.5, 0.6) is 11.5 Å². The summed E-state index contributed by atoms with van der Waals surface area (Å²) in [5.74, 6) is 1.60. The van der Waals surface area contributed by atoms with Crippen LogP contribution in [0.1, 0.15) is 28.3 Å². The molecule has 0 fully saturated rings. The zero-order chi connectivity index (χ0) is 13.2. The molecule has 1 aliphatic heterocycles. The summed E-state index contributed by atoms with van der Waals surface area (Å²) in [6.45, 7) is 3.36. The lowest BCUT2D eigenvalue weighted by Gasteiger charge is -2.20. The number of aryl methyl sites for hydroxylation is 1. The van der Waals surface area contributed by atoms with E-state index < -0.39 is 0 Å². The first-order valence-corrected chi connectivity index (χ1v) is 7.71. The second-order valence-electron chi connectivity index (χ2n) is 4.43. The highest BCUT2D eigenvalue weighted by atomic mass is 35.5. The molecule has 3 rings (SSSR count). The third-order valence-electron chi connectivity index (χ3n) is 3.25. The first-order valence-electron chi connectivity index (χ1n) is 6.39. The van der Waals surface area contributed by atoms with Gasteiger partial charge in [0.2, 0.25) is 0 Å². The van der Waals surface area contributed by atoms with E-state index in [1.54, 1.807) is 11.3 Å². The Hall–Kier alpha value is -1.19. The van der Waals surface area contributed by atoms with Crippen molar-refractivity contribution in [2.75, 3.05) is 13.2 Å². The van der Waals surface area contributed by atoms with Crippen molar-refractivity contribution in [2.24, 2.45) is 0 Å². The number of rotatable bonds is 3. The molecule has 0 bridgehead atoms. The lowest BCUT2D eigenvalue weighted by Crippen LogP contribution is -2.15. The average Bonchev–Trinajstić information content (AvgIpc) is 2.94. The van der Waals surface area contributed by atoms with Crippen molar-refractivity contribution in [2.45, 2.75) is 18.7 Å². The number of benzene rings is 1. The number of halogens is 1. The van der Waals surface area contributed by atoms with Crippen molar-refractivity contribution < 1.29 is 9.47 Å². The van der Waals surface area contributed by atoms with E-state index in [1.807, 2.05) is 18.2 Å². The minimum Gasteiger partial charge on any atom is -0.486 e. The summed E-state index contributed by atoms with van der Waals surface area (Å²) >= 11 is 8.32. The normalized spacial score (nSPS) is 15.3. The number of hydrogen-bond donors (Lipinski definition) is 0. The molecule has 0 N–H and O–H groups in total. The molecular formula is C15H15ClO2S. The van der Waals surface area contributed by atoms with Gasteiger partial charge in [0.15, 0.2) is 11.5 Å². The van der Waals surface area contributed by atoms with Crippen LogP contribution >= 0.6 is 22.9 Å². The molecule has 0 spiro atoms. The summed E-state index contributed by atoms with van der Waals surface area (Å²) in [5, 5.41) is 1.98. The van der Waals surface area contributed by atoms with Gasteiger partial charge in [-0.25, -0.2) is 0 Å². The lowest BCUT2D eigenvalue weighted by molar-refractivity contribution is 0.171. The molecule has 19 heavy (non-hydrogen) atoms. The molecule has 1 unspecified atom stereocenters. The number of thiophene rings is 1. The highest BCUT2D eigenvalue weighted by Gasteiger charge is 2.19. The smallest absolute Gasteiger partial charge is 0.161 e. The molecule has 0 saturated carbocycles. The molecule has 100 valence electrons. The zero-order valence-corrected chi connectivity index (χ0v) is 12.3. The van der Waals surface area contributed by atoms with Crippen LogP contribution in [-0.4, -0.2) is 13.2 Å². The van der Waals surface area contributed by atoms with E-state index >= 15 is 0 Å². The minimum absolute atomic E-state index is 0.120. The quantitative estimate of drug-likeness (QED) is 0.781. The van der Waals surface area contributed by atoms with Gasteiger partial charge in [-0.15, -0.1) is 22.9 Å². The first-order chi connectivity index (χ1) is 9.29. The van der Waals surface area contributed by atoms with Crippen LogP contribution in [0.3, 0.4) is 0 Å². The molecule has 1 aromatic carbocycles. The number of ether oxygens (including phenoxy) is 2. The van der Waals surface area contributed by atoms with Crippen LogP contribution in [0.25, 0.3) is 0 Å². The van der Waals surface area contributed by atoms with Crippen molar-refractivity contribution in [3.8, 4) is 11.5 Å². The van der Waals surface area contributed by atoms with Gasteiger partial charge < -0.3 is 9.47 Å². The molecule has 2 aromatic rings. The summed E-state index contributed by atoms with van der Waals surface area (Å²) in [6, 6.07) is 8.10. The highest BCUT2D eigenvalue weighted by molar-refractivity contribution is 7.10. The van der Waals surface area contributed by atoms with Gasteiger partial charge in [-0.2, -0.15) is 0 Å². The van der Waals surface area contributed by atoms with Crippen LogP contribution in [0.2, 0.25) is 0 Å². The van der Waals surface area contributed by atoms with E-state index in [-0.39, 0.29) is 5.38 Å². The van der Waals surface area contributed by atoms with Gasteiger partial charge in [-0.3, -0.25) is 0 Å². The van der Waals surface area contributed by atoms with Crippen molar-refractivity contribution in [1.82, 2.24) is 0 Å². The number of hydrogen-bond acceptors (Lipinski definition) is 3. The van der Waals surface area contributed by atoms with E-state index in [9.17, 15) is 0 Å². The van der Waals surface area contributed by atoms with E-state index in [0.29, 0.717) is 13.2 Å². The minimum atomic E-state index is -0.120. The Balaban J connectivity index is 1.93. The summed E-state index contributed by atoms with van der Waals surface area (Å²) in [6.07, 6.45) is 1.01. The topological polar surface area (TPSA) is 18.5 Å². The number of fused-ring (bicyclic) bond motifs is 1. The molecule has 0 amide bonds. The summed E-state index contributed by atoms with van der Waals surface area (Å²) < 4.78 is 11.1. The third kappa shape index (κ3) is 2.45. The van der Waals surface area contributed by atoms with Crippen molar-refractivity contribution in [3.63, 3.8) is 0 Å². The van der Waals surface area contributed by atoms with E-state index in [0.717, 1.165) is 23.5 Å². The molecule has 1 aliphatic rings. The Morgan fingerprint density at radius 3 is 2.79 bits per heavy atom. The highest BCUT2D eigenvalue weighted by Crippen LogP contribution is 2.39. The van der Waals surface area contributed by atoms with Crippen LogP contribution < -0.4 is 9.47 Å². The van der Waals surface area contributed by atoms with Crippen molar-refractivity contribution in [3.05, 3.63) is 45.6 Å². The van der Waals surface area contributed by atoms with E-state index in [1.165, 1.54) is 10.4 Å². The first kappa shape index (κ1) is 12.8. The Morgan fingerprint density at radius 2 is 2.00 bits per heavy atom. The van der Waals surface area contributed by atoms with Gasteiger partial charge in [0, 0.05) is 4.88 Å². The Morgan fingerprint density at radius 1 is 1.21 bits per heavy atom. The van der Waals surface area contributed by atoms with Crippen molar-refractivity contribution >= 4 is 22.9 Å². The second-order valence-corrected chi connectivity index (χ2v) is 5.81. The lowest BCUT2D eigenvalue weighted by atomic mass is 10.1. The fraction of sp³-hybridized carbons (Fsp3) is 0.333. The SMILES string of the molecule is CCc1ccsc1C(Cl)c1ccc2c(c1)OCCO2. The van der Waals surface area contributed by atoms with Crippen LogP contribution in [-0.2, 0) is 6.42 Å². The maximum absolute atomic E-state index is 6.61. The Labute approximate surface area is 121 Å². The Bertz CT molecular complexity index is 579. The predicted octanol–water partition coefficient (Wildman–Crippen LogP) is 4.41. The summed E-state index contributed by atoms with van der Waals surface area (Å²) in [7, 11) is 0. The van der Waals surface area contributed by atoms with Crippen molar-refractivity contribution in [1.29, 1.82) is 0 Å². The molecule has 4 heteroatoms. The van der Waals surface area contributed by atoms with Gasteiger partial charge in [-0.1, -0.05) is 13.0 Å². The molecule has 0 saturated heterocycles. The van der Waals surface area contributed by atoms with Crippen LogP contribution in [0, 0.1) is 0 Å². The van der Waals surface area contributed by atoms with E-state index in [2.05, 4.69) is 18.4 Å². The van der Waals surface area contributed by atoms with E-state index in [4.69, 9.17) is 21.1 Å². The molecular weight excluding hydrogens is 280 g/mol. The fourth-order valence-corrected chi connectivity index (χ4v) is 3.66. The predicted molar refractivity (Wildman–Crippen MR) is 78.8 cm³/mol. The molecule has 2 heterocycles. The Kier molecular flexibility index (Phi) is 3.67. The summed E-state index contributed by atoms with van der Waals surface area (Å²) in [4.78, 5) is 1.22. The zero-order valence-electron chi connectivity index (χ0n) is 10.7. The second kappa shape index (κ2) is 5.43. The maximum atomic E-state index is 6.61. The maximum Gasteiger partial charge on any atom is 0.161 e. The molecule has 0 aliphatic carbocycles. The van der Waals surface area contributed by atoms with Crippen LogP contribution in [0.15, 0.2) is 29.6 Å². The van der Waals surface area contributed by atoms with Gasteiger partial charge in [0.25, 0.3) is 0 Å². The molecule has 2 nitrogen and oxygen atoms in total. The summed E-state index contributed by atoms with van der Waals surface area (Å²) in [5.41, 5.74) is 2.38. The van der Waals surface area contributed by atoms with Gasteiger partial charge in [-0.05, 0) is 41.1 Å². The average molecular weight is 295 g/mol. The number of alkyl halides is 1. The van der Waals surface area contributed by atoms with Gasteiger partial charge in [0.1, 0.15) is 13.2 Å². The van der Waals surface area contributed by atoms with Gasteiger partial charge in [0.05, 0.1) is 5.38 Å². The monoisotopic (exact) mass is 294 g/mol. The molecule has 1 atom stereocenters. The fourth-order valence-electron chi connectivity index (χ4n) is 2.23. The third-order valence-corrected chi connectivity index (χ3v) is 4.87. The molecule has 0 radical (unpaired) electrons.